The zero-order valence-electron chi connectivity index (χ0n) is 17.9. The van der Waals surface area contributed by atoms with Gasteiger partial charge < -0.3 is 15.1 Å². The summed E-state index contributed by atoms with van der Waals surface area (Å²) in [6, 6.07) is 2.48. The highest BCUT2D eigenvalue weighted by Gasteiger charge is 2.41. The van der Waals surface area contributed by atoms with E-state index in [4.69, 9.17) is 4.99 Å². The molecule has 174 valence electrons. The number of alkyl halides is 3. The smallest absolute Gasteiger partial charge is 0.371 e. The molecule has 2 saturated heterocycles. The molecule has 10 heteroatoms. The van der Waals surface area contributed by atoms with E-state index in [-0.39, 0.29) is 5.92 Å². The number of benzene rings is 1. The van der Waals surface area contributed by atoms with Crippen LogP contribution in [0.25, 0.3) is 0 Å². The van der Waals surface area contributed by atoms with E-state index < -0.39 is 23.9 Å². The molecule has 0 saturated carbocycles. The summed E-state index contributed by atoms with van der Waals surface area (Å²) in [4.78, 5) is 10.2. The van der Waals surface area contributed by atoms with Crippen molar-refractivity contribution in [3.05, 3.63) is 29.8 Å². The molecule has 1 aromatic carbocycles. The number of aliphatic imine (C=N–C) groups is 1. The monoisotopic (exact) mass is 447 g/mol. The Morgan fingerprint density at radius 1 is 1.13 bits per heavy atom. The van der Waals surface area contributed by atoms with Gasteiger partial charge >= 0.3 is 6.18 Å². The third-order valence-corrected chi connectivity index (χ3v) is 6.02. The van der Waals surface area contributed by atoms with E-state index in [9.17, 15) is 22.0 Å². The molecule has 0 spiro atoms. The predicted octanol–water partition coefficient (Wildman–Crippen LogP) is 3.33. The van der Waals surface area contributed by atoms with Gasteiger partial charge in [-0.15, -0.1) is 0 Å². The van der Waals surface area contributed by atoms with E-state index in [1.807, 2.05) is 16.7 Å². The van der Waals surface area contributed by atoms with E-state index in [2.05, 4.69) is 5.32 Å². The average Bonchev–Trinajstić information content (AvgIpc) is 3.21. The van der Waals surface area contributed by atoms with Gasteiger partial charge in [-0.3, -0.25) is 9.89 Å². The quantitative estimate of drug-likeness (QED) is 0.427. The van der Waals surface area contributed by atoms with Crippen LogP contribution in [0.3, 0.4) is 0 Å². The number of halogens is 5. The molecule has 3 rings (SSSR count). The molecule has 2 atom stereocenters. The molecule has 31 heavy (non-hydrogen) atoms. The molecule has 0 aliphatic carbocycles. The lowest BCUT2D eigenvalue weighted by molar-refractivity contribution is -0.181. The van der Waals surface area contributed by atoms with Crippen LogP contribution in [0.2, 0.25) is 0 Å². The van der Waals surface area contributed by atoms with E-state index in [1.165, 1.54) is 17.9 Å². The Morgan fingerprint density at radius 3 is 2.45 bits per heavy atom. The standard InChI is InChI=1S/C21H30F5N5/c1-3-27-20(30-10-8-29(9-11-30)15(2)21(24,25)26)28-13-16-6-7-31(14-16)17-4-5-18(22)19(23)12-17/h4-5,12,15-16H,3,6-11,13-14H2,1-2H3,(H,27,28). The van der Waals surface area contributed by atoms with Crippen LogP contribution in [0.4, 0.5) is 27.6 Å². The summed E-state index contributed by atoms with van der Waals surface area (Å²) < 4.78 is 65.6. The molecule has 0 radical (unpaired) electrons. The van der Waals surface area contributed by atoms with Gasteiger partial charge in [0.2, 0.25) is 0 Å². The highest BCUT2D eigenvalue weighted by Crippen LogP contribution is 2.26. The zero-order valence-corrected chi connectivity index (χ0v) is 17.9. The number of guanidine groups is 1. The molecule has 2 fully saturated rings. The second-order valence-electron chi connectivity index (χ2n) is 8.13. The van der Waals surface area contributed by atoms with E-state index >= 15 is 0 Å². The number of anilines is 1. The summed E-state index contributed by atoms with van der Waals surface area (Å²) in [5.41, 5.74) is 0.659. The van der Waals surface area contributed by atoms with Crippen molar-refractivity contribution in [1.29, 1.82) is 0 Å². The van der Waals surface area contributed by atoms with Gasteiger partial charge in [-0.1, -0.05) is 0 Å². The molecule has 0 aromatic heterocycles. The largest absolute Gasteiger partial charge is 0.403 e. The van der Waals surface area contributed by atoms with Crippen molar-refractivity contribution in [2.45, 2.75) is 32.5 Å². The summed E-state index contributed by atoms with van der Waals surface area (Å²) in [6.07, 6.45) is -3.33. The van der Waals surface area contributed by atoms with Crippen LogP contribution in [-0.4, -0.2) is 80.3 Å². The van der Waals surface area contributed by atoms with Crippen LogP contribution < -0.4 is 10.2 Å². The first kappa shape index (κ1) is 23.6. The van der Waals surface area contributed by atoms with Crippen LogP contribution in [-0.2, 0) is 0 Å². The van der Waals surface area contributed by atoms with Crippen LogP contribution in [0.1, 0.15) is 20.3 Å². The summed E-state index contributed by atoms with van der Waals surface area (Å²) in [6.45, 7) is 7.48. The highest BCUT2D eigenvalue weighted by atomic mass is 19.4. The summed E-state index contributed by atoms with van der Waals surface area (Å²) in [5, 5.41) is 3.24. The summed E-state index contributed by atoms with van der Waals surface area (Å²) >= 11 is 0. The van der Waals surface area contributed by atoms with Gasteiger partial charge in [-0.05, 0) is 38.3 Å². The minimum atomic E-state index is -4.22. The zero-order chi connectivity index (χ0) is 22.6. The normalized spacial score (nSPS) is 22.2. The highest BCUT2D eigenvalue weighted by molar-refractivity contribution is 5.80. The fraction of sp³-hybridized carbons (Fsp3) is 0.667. The Balaban J connectivity index is 1.55. The third-order valence-electron chi connectivity index (χ3n) is 6.02. The van der Waals surface area contributed by atoms with Gasteiger partial charge in [0.1, 0.15) is 6.04 Å². The second-order valence-corrected chi connectivity index (χ2v) is 8.13. The number of piperazine rings is 1. The number of hydrogen-bond donors (Lipinski definition) is 1. The first-order valence-corrected chi connectivity index (χ1v) is 10.7. The van der Waals surface area contributed by atoms with Crippen molar-refractivity contribution < 1.29 is 22.0 Å². The fourth-order valence-electron chi connectivity index (χ4n) is 4.07. The van der Waals surface area contributed by atoms with Crippen LogP contribution in [0.5, 0.6) is 0 Å². The Morgan fingerprint density at radius 2 is 1.84 bits per heavy atom. The number of hydrogen-bond acceptors (Lipinski definition) is 3. The van der Waals surface area contributed by atoms with Crippen LogP contribution >= 0.6 is 0 Å². The Bertz CT molecular complexity index is 761. The molecule has 1 N–H and O–H groups in total. The van der Waals surface area contributed by atoms with Gasteiger partial charge in [-0.2, -0.15) is 13.2 Å². The van der Waals surface area contributed by atoms with Crippen LogP contribution in [0.15, 0.2) is 23.2 Å². The van der Waals surface area contributed by atoms with Gasteiger partial charge in [0.05, 0.1) is 0 Å². The Hall–Kier alpha value is -2.10. The average molecular weight is 447 g/mol. The SMILES string of the molecule is CCNC(=NCC1CCN(c2ccc(F)c(F)c2)C1)N1CCN(C(C)C(F)(F)F)CC1. The maximum atomic E-state index is 13.5. The Labute approximate surface area is 179 Å². The first-order chi connectivity index (χ1) is 14.7. The van der Waals surface area contributed by atoms with Crippen molar-refractivity contribution in [3.8, 4) is 0 Å². The molecule has 0 bridgehead atoms. The third kappa shape index (κ3) is 5.99. The summed E-state index contributed by atoms with van der Waals surface area (Å²) in [5.74, 6) is -0.724. The van der Waals surface area contributed by atoms with E-state index in [1.54, 1.807) is 6.07 Å². The van der Waals surface area contributed by atoms with Gasteiger partial charge in [0.25, 0.3) is 0 Å². The minimum Gasteiger partial charge on any atom is -0.371 e. The van der Waals surface area contributed by atoms with Crippen molar-refractivity contribution in [2.24, 2.45) is 10.9 Å². The van der Waals surface area contributed by atoms with E-state index in [0.717, 1.165) is 19.0 Å². The first-order valence-electron chi connectivity index (χ1n) is 10.7. The van der Waals surface area contributed by atoms with Crippen molar-refractivity contribution in [3.63, 3.8) is 0 Å². The van der Waals surface area contributed by atoms with Crippen molar-refractivity contribution in [2.75, 3.05) is 57.3 Å². The maximum Gasteiger partial charge on any atom is 0.403 e. The molecule has 2 heterocycles. The molecule has 2 aliphatic rings. The topological polar surface area (TPSA) is 34.1 Å². The number of nitrogens with one attached hydrogen (secondary N) is 1. The molecule has 0 amide bonds. The van der Waals surface area contributed by atoms with Gasteiger partial charge in [-0.25, -0.2) is 8.78 Å². The van der Waals surface area contributed by atoms with Crippen molar-refractivity contribution >= 4 is 11.6 Å². The second kappa shape index (κ2) is 10.0. The molecular formula is C21H30F5N5. The molecular weight excluding hydrogens is 417 g/mol. The lowest BCUT2D eigenvalue weighted by atomic mass is 10.1. The molecule has 1 aromatic rings. The van der Waals surface area contributed by atoms with E-state index in [0.29, 0.717) is 57.5 Å². The Kier molecular flexibility index (Phi) is 7.61. The number of nitrogens with zero attached hydrogens (tertiary/aromatic N) is 4. The predicted molar refractivity (Wildman–Crippen MR) is 111 cm³/mol. The lowest BCUT2D eigenvalue weighted by Gasteiger charge is -2.39. The molecule has 5 nitrogen and oxygen atoms in total. The number of rotatable bonds is 5. The summed E-state index contributed by atoms with van der Waals surface area (Å²) in [7, 11) is 0. The lowest BCUT2D eigenvalue weighted by Crippen LogP contribution is -2.56. The van der Waals surface area contributed by atoms with Gasteiger partial charge in [0, 0.05) is 64.1 Å². The van der Waals surface area contributed by atoms with Gasteiger partial charge in [0.15, 0.2) is 17.6 Å². The van der Waals surface area contributed by atoms with Crippen LogP contribution in [0, 0.1) is 17.6 Å². The maximum absolute atomic E-state index is 13.5. The molecule has 2 unspecified atom stereocenters. The van der Waals surface area contributed by atoms with Crippen molar-refractivity contribution in [1.82, 2.24) is 15.1 Å². The molecule has 2 aliphatic heterocycles. The minimum absolute atomic E-state index is 0.272. The fourth-order valence-corrected chi connectivity index (χ4v) is 4.07.